The molecule has 1 saturated heterocycles. The Kier molecular flexibility index (Phi) is 5.49. The van der Waals surface area contributed by atoms with Crippen molar-refractivity contribution in [2.45, 2.75) is 24.0 Å². The third-order valence-corrected chi connectivity index (χ3v) is 9.04. The van der Waals surface area contributed by atoms with Gasteiger partial charge in [-0.2, -0.15) is 0 Å². The molecule has 1 unspecified atom stereocenters. The molecule has 4 rings (SSSR count). The standard InChI is InChI=1S/C17H17N3O3S4/c21-15(9-26-17-16-14(3-6-25-16)18-11-19-17)20(8-13-2-1-5-24-13)12-4-7-27(22,23)10-12/h1-3,5-6,11-12H,4,7-10H2. The summed E-state index contributed by atoms with van der Waals surface area (Å²) >= 11 is 4.51. The first kappa shape index (κ1) is 18.9. The van der Waals surface area contributed by atoms with Crippen LogP contribution in [0.15, 0.2) is 40.3 Å². The zero-order valence-electron chi connectivity index (χ0n) is 14.3. The molecule has 27 heavy (non-hydrogen) atoms. The van der Waals surface area contributed by atoms with Gasteiger partial charge in [0, 0.05) is 10.9 Å². The lowest BCUT2D eigenvalue weighted by atomic mass is 10.2. The van der Waals surface area contributed by atoms with E-state index in [-0.39, 0.29) is 29.2 Å². The molecular weight excluding hydrogens is 422 g/mol. The minimum Gasteiger partial charge on any atom is -0.333 e. The summed E-state index contributed by atoms with van der Waals surface area (Å²) in [5, 5.41) is 4.71. The molecule has 10 heteroatoms. The number of thioether (sulfide) groups is 1. The van der Waals surface area contributed by atoms with Gasteiger partial charge in [0.05, 0.1) is 34.0 Å². The average Bonchev–Trinajstić information content (AvgIpc) is 3.38. The van der Waals surface area contributed by atoms with Crippen LogP contribution >= 0.6 is 34.4 Å². The van der Waals surface area contributed by atoms with Crippen molar-refractivity contribution in [2.24, 2.45) is 0 Å². The normalized spacial score (nSPS) is 18.7. The summed E-state index contributed by atoms with van der Waals surface area (Å²) in [5.74, 6) is 0.378. The molecule has 0 aromatic carbocycles. The van der Waals surface area contributed by atoms with Crippen molar-refractivity contribution in [3.8, 4) is 0 Å². The molecule has 1 atom stereocenters. The van der Waals surface area contributed by atoms with Crippen LogP contribution in [0.4, 0.5) is 0 Å². The molecule has 1 aliphatic heterocycles. The zero-order valence-corrected chi connectivity index (χ0v) is 17.5. The van der Waals surface area contributed by atoms with E-state index >= 15 is 0 Å². The van der Waals surface area contributed by atoms with Gasteiger partial charge in [-0.3, -0.25) is 4.79 Å². The second-order valence-corrected chi connectivity index (χ2v) is 11.4. The molecule has 0 bridgehead atoms. The molecule has 1 fully saturated rings. The number of carbonyl (C=O) groups excluding carboxylic acids is 1. The van der Waals surface area contributed by atoms with Gasteiger partial charge < -0.3 is 4.90 Å². The highest BCUT2D eigenvalue weighted by Crippen LogP contribution is 2.30. The van der Waals surface area contributed by atoms with E-state index in [1.54, 1.807) is 27.6 Å². The van der Waals surface area contributed by atoms with Crippen molar-refractivity contribution in [1.82, 2.24) is 14.9 Å². The minimum absolute atomic E-state index is 0.0530. The fourth-order valence-corrected chi connectivity index (χ4v) is 7.36. The number of aromatic nitrogens is 2. The van der Waals surface area contributed by atoms with Gasteiger partial charge in [-0.15, -0.1) is 22.7 Å². The van der Waals surface area contributed by atoms with E-state index in [2.05, 4.69) is 9.97 Å². The van der Waals surface area contributed by atoms with Gasteiger partial charge >= 0.3 is 0 Å². The Morgan fingerprint density at radius 2 is 2.15 bits per heavy atom. The van der Waals surface area contributed by atoms with E-state index in [9.17, 15) is 13.2 Å². The number of amides is 1. The lowest BCUT2D eigenvalue weighted by molar-refractivity contribution is -0.130. The summed E-state index contributed by atoms with van der Waals surface area (Å²) in [4.78, 5) is 24.3. The Hall–Kier alpha value is -1.49. The van der Waals surface area contributed by atoms with Crippen LogP contribution in [0.5, 0.6) is 0 Å². The molecule has 142 valence electrons. The van der Waals surface area contributed by atoms with Crippen molar-refractivity contribution in [1.29, 1.82) is 0 Å². The number of carbonyl (C=O) groups is 1. The predicted octanol–water partition coefficient (Wildman–Crippen LogP) is 3.06. The fourth-order valence-electron chi connectivity index (χ4n) is 3.09. The van der Waals surface area contributed by atoms with Gasteiger partial charge in [-0.25, -0.2) is 18.4 Å². The molecule has 3 aromatic rings. The van der Waals surface area contributed by atoms with E-state index in [0.717, 1.165) is 20.1 Å². The maximum atomic E-state index is 13.0. The molecular formula is C17H17N3O3S4. The topological polar surface area (TPSA) is 80.2 Å². The number of thiophene rings is 2. The number of rotatable bonds is 6. The second kappa shape index (κ2) is 7.86. The molecule has 0 radical (unpaired) electrons. The molecule has 3 aromatic heterocycles. The number of sulfone groups is 1. The molecule has 0 saturated carbocycles. The minimum atomic E-state index is -3.06. The fraction of sp³-hybridized carbons (Fsp3) is 0.353. The first-order valence-corrected chi connectivity index (χ1v) is 12.9. The zero-order chi connectivity index (χ0) is 18.9. The second-order valence-electron chi connectivity index (χ2n) is 6.26. The summed E-state index contributed by atoms with van der Waals surface area (Å²) in [5.41, 5.74) is 0.877. The van der Waals surface area contributed by atoms with Crippen LogP contribution in [0.25, 0.3) is 10.2 Å². The van der Waals surface area contributed by atoms with Crippen LogP contribution in [0.2, 0.25) is 0 Å². The maximum Gasteiger partial charge on any atom is 0.233 e. The van der Waals surface area contributed by atoms with Crippen LogP contribution in [-0.2, 0) is 21.2 Å². The van der Waals surface area contributed by atoms with Crippen LogP contribution in [0, 0.1) is 0 Å². The summed E-state index contributed by atoms with van der Waals surface area (Å²) < 4.78 is 24.8. The van der Waals surface area contributed by atoms with E-state index in [4.69, 9.17) is 0 Å². The molecule has 1 aliphatic rings. The van der Waals surface area contributed by atoms with Crippen molar-refractivity contribution in [3.05, 3.63) is 40.2 Å². The molecule has 0 aliphatic carbocycles. The van der Waals surface area contributed by atoms with Gasteiger partial charge in [0.15, 0.2) is 9.84 Å². The van der Waals surface area contributed by atoms with Crippen LogP contribution in [0.1, 0.15) is 11.3 Å². The van der Waals surface area contributed by atoms with Crippen LogP contribution in [-0.4, -0.2) is 52.5 Å². The summed E-state index contributed by atoms with van der Waals surface area (Å²) in [6, 6.07) is 5.59. The Labute approximate surface area is 169 Å². The largest absolute Gasteiger partial charge is 0.333 e. The molecule has 6 nitrogen and oxygen atoms in total. The smallest absolute Gasteiger partial charge is 0.233 e. The lowest BCUT2D eigenvalue weighted by Crippen LogP contribution is -2.41. The highest BCUT2D eigenvalue weighted by atomic mass is 32.2. The van der Waals surface area contributed by atoms with Crippen molar-refractivity contribution in [2.75, 3.05) is 17.3 Å². The lowest BCUT2D eigenvalue weighted by Gasteiger charge is -2.27. The number of nitrogens with zero attached hydrogens (tertiary/aromatic N) is 3. The Balaban J connectivity index is 1.50. The third kappa shape index (κ3) is 4.34. The first-order valence-electron chi connectivity index (χ1n) is 8.35. The van der Waals surface area contributed by atoms with Gasteiger partial charge in [0.2, 0.25) is 5.91 Å². The maximum absolute atomic E-state index is 13.0. The summed E-state index contributed by atoms with van der Waals surface area (Å²) in [6.07, 6.45) is 2.02. The SMILES string of the molecule is O=C(CSc1ncnc2ccsc12)N(Cc1cccs1)C1CCS(=O)(=O)C1. The van der Waals surface area contributed by atoms with E-state index in [1.165, 1.54) is 18.1 Å². The first-order chi connectivity index (χ1) is 13.0. The molecule has 1 amide bonds. The van der Waals surface area contributed by atoms with E-state index < -0.39 is 9.84 Å². The molecule has 0 spiro atoms. The number of fused-ring (bicyclic) bond motifs is 1. The van der Waals surface area contributed by atoms with Gasteiger partial charge in [-0.05, 0) is 29.3 Å². The van der Waals surface area contributed by atoms with Crippen LogP contribution in [0.3, 0.4) is 0 Å². The molecule has 4 heterocycles. The highest BCUT2D eigenvalue weighted by molar-refractivity contribution is 8.00. The van der Waals surface area contributed by atoms with Crippen molar-refractivity contribution in [3.63, 3.8) is 0 Å². The van der Waals surface area contributed by atoms with Gasteiger partial charge in [0.1, 0.15) is 11.4 Å². The Morgan fingerprint density at radius 3 is 2.89 bits per heavy atom. The predicted molar refractivity (Wildman–Crippen MR) is 110 cm³/mol. The number of hydrogen-bond acceptors (Lipinski definition) is 8. The van der Waals surface area contributed by atoms with E-state index in [0.29, 0.717) is 13.0 Å². The Morgan fingerprint density at radius 1 is 1.26 bits per heavy atom. The monoisotopic (exact) mass is 439 g/mol. The van der Waals surface area contributed by atoms with Crippen molar-refractivity contribution >= 4 is 60.4 Å². The van der Waals surface area contributed by atoms with Crippen LogP contribution < -0.4 is 0 Å². The van der Waals surface area contributed by atoms with Crippen molar-refractivity contribution < 1.29 is 13.2 Å². The average molecular weight is 440 g/mol. The third-order valence-electron chi connectivity index (χ3n) is 4.42. The summed E-state index contributed by atoms with van der Waals surface area (Å²) in [7, 11) is -3.06. The number of hydrogen-bond donors (Lipinski definition) is 0. The van der Waals surface area contributed by atoms with Gasteiger partial charge in [0.25, 0.3) is 0 Å². The summed E-state index contributed by atoms with van der Waals surface area (Å²) in [6.45, 7) is 0.454. The quantitative estimate of drug-likeness (QED) is 0.434. The highest BCUT2D eigenvalue weighted by Gasteiger charge is 2.34. The molecule has 0 N–H and O–H groups in total. The Bertz CT molecular complexity index is 1050. The van der Waals surface area contributed by atoms with E-state index in [1.807, 2.05) is 29.0 Å². The van der Waals surface area contributed by atoms with Gasteiger partial charge in [-0.1, -0.05) is 17.8 Å².